The van der Waals surface area contributed by atoms with E-state index in [2.05, 4.69) is 36.5 Å². The molecule has 144 valence electrons. The van der Waals surface area contributed by atoms with Crippen LogP contribution in [-0.4, -0.2) is 21.7 Å². The highest BCUT2D eigenvalue weighted by molar-refractivity contribution is 6.07. The van der Waals surface area contributed by atoms with Gasteiger partial charge in [-0.05, 0) is 55.3 Å². The van der Waals surface area contributed by atoms with Gasteiger partial charge in [0, 0.05) is 24.2 Å². The van der Waals surface area contributed by atoms with E-state index in [4.69, 9.17) is 4.98 Å². The number of aryl methyl sites for hydroxylation is 3. The number of amides is 1. The summed E-state index contributed by atoms with van der Waals surface area (Å²) in [5, 5.41) is 4.92. The molecule has 4 rings (SSSR count). The Bertz CT molecular complexity index is 1240. The number of nitrogens with zero attached hydrogens (tertiary/aromatic N) is 3. The van der Waals surface area contributed by atoms with Crippen LogP contribution in [-0.2, 0) is 7.05 Å². The zero-order valence-corrected chi connectivity index (χ0v) is 16.7. The van der Waals surface area contributed by atoms with Crippen LogP contribution in [0.5, 0.6) is 0 Å². The van der Waals surface area contributed by atoms with Crippen LogP contribution in [0.25, 0.3) is 22.2 Å². The third-order valence-electron chi connectivity index (χ3n) is 5.11. The minimum absolute atomic E-state index is 0.265. The lowest BCUT2D eigenvalue weighted by molar-refractivity contribution is 0.0956. The van der Waals surface area contributed by atoms with Crippen molar-refractivity contribution in [3.8, 4) is 11.3 Å². The van der Waals surface area contributed by atoms with Crippen molar-refractivity contribution in [2.24, 2.45) is 12.1 Å². The fraction of sp³-hybridized carbons (Fsp3) is 0.125. The Morgan fingerprint density at radius 1 is 1.03 bits per heavy atom. The lowest BCUT2D eigenvalue weighted by Crippen LogP contribution is -2.18. The van der Waals surface area contributed by atoms with Gasteiger partial charge >= 0.3 is 0 Å². The van der Waals surface area contributed by atoms with Gasteiger partial charge in [-0.2, -0.15) is 5.10 Å². The van der Waals surface area contributed by atoms with E-state index in [1.165, 1.54) is 11.1 Å². The van der Waals surface area contributed by atoms with Crippen molar-refractivity contribution in [3.05, 3.63) is 89.2 Å². The van der Waals surface area contributed by atoms with E-state index < -0.39 is 0 Å². The number of pyridine rings is 1. The number of benzene rings is 2. The second kappa shape index (κ2) is 7.72. The summed E-state index contributed by atoms with van der Waals surface area (Å²) in [7, 11) is 1.93. The van der Waals surface area contributed by atoms with Crippen molar-refractivity contribution >= 4 is 23.0 Å². The molecule has 0 saturated heterocycles. The standard InChI is InChI=1S/C24H22N4O/c1-16-10-11-18(13-17(16)2)23-14-21(20-8-4-5-9-22(20)26-23)24(29)27-25-15-19-7-6-12-28(19)3/h4-15H,1-3H3,(H,27,29)/b25-15-. The summed E-state index contributed by atoms with van der Waals surface area (Å²) in [6.45, 7) is 4.16. The molecule has 0 aliphatic carbocycles. The minimum atomic E-state index is -0.265. The monoisotopic (exact) mass is 382 g/mol. The van der Waals surface area contributed by atoms with E-state index in [-0.39, 0.29) is 5.91 Å². The predicted molar refractivity (Wildman–Crippen MR) is 117 cm³/mol. The molecule has 0 aliphatic heterocycles. The molecule has 4 aromatic rings. The van der Waals surface area contributed by atoms with Crippen molar-refractivity contribution < 1.29 is 4.79 Å². The average Bonchev–Trinajstić information content (AvgIpc) is 3.14. The van der Waals surface area contributed by atoms with Gasteiger partial charge in [0.1, 0.15) is 0 Å². The summed E-state index contributed by atoms with van der Waals surface area (Å²) in [5.41, 5.74) is 9.04. The number of aromatic nitrogens is 2. The molecule has 5 nitrogen and oxygen atoms in total. The first-order chi connectivity index (χ1) is 14.0. The Morgan fingerprint density at radius 2 is 1.86 bits per heavy atom. The number of carbonyl (C=O) groups is 1. The molecule has 0 atom stereocenters. The summed E-state index contributed by atoms with van der Waals surface area (Å²) in [4.78, 5) is 17.7. The van der Waals surface area contributed by atoms with Gasteiger partial charge in [0.05, 0.1) is 28.7 Å². The Morgan fingerprint density at radius 3 is 2.62 bits per heavy atom. The van der Waals surface area contributed by atoms with Gasteiger partial charge in [-0.15, -0.1) is 0 Å². The Labute approximate surface area is 169 Å². The molecule has 1 amide bonds. The average molecular weight is 382 g/mol. The summed E-state index contributed by atoms with van der Waals surface area (Å²) in [6.07, 6.45) is 3.56. The number of hydrogen-bond donors (Lipinski definition) is 1. The summed E-state index contributed by atoms with van der Waals surface area (Å²) in [6, 6.07) is 19.6. The summed E-state index contributed by atoms with van der Waals surface area (Å²) >= 11 is 0. The van der Waals surface area contributed by atoms with Crippen LogP contribution in [0.4, 0.5) is 0 Å². The second-order valence-corrected chi connectivity index (χ2v) is 7.11. The van der Waals surface area contributed by atoms with E-state index in [1.807, 2.05) is 66.3 Å². The number of hydrazone groups is 1. The molecular weight excluding hydrogens is 360 g/mol. The van der Waals surface area contributed by atoms with Crippen LogP contribution in [0, 0.1) is 13.8 Å². The molecule has 1 N–H and O–H groups in total. The number of para-hydroxylation sites is 1. The van der Waals surface area contributed by atoms with E-state index in [9.17, 15) is 4.79 Å². The molecule has 0 saturated carbocycles. The molecule has 0 unspecified atom stereocenters. The maximum Gasteiger partial charge on any atom is 0.272 e. The quantitative estimate of drug-likeness (QED) is 0.413. The first-order valence-corrected chi connectivity index (χ1v) is 9.45. The van der Waals surface area contributed by atoms with Gasteiger partial charge in [-0.3, -0.25) is 4.79 Å². The summed E-state index contributed by atoms with van der Waals surface area (Å²) in [5.74, 6) is -0.265. The third kappa shape index (κ3) is 3.80. The van der Waals surface area contributed by atoms with Crippen molar-refractivity contribution in [1.82, 2.24) is 15.0 Å². The van der Waals surface area contributed by atoms with Crippen LogP contribution >= 0.6 is 0 Å². The van der Waals surface area contributed by atoms with Gasteiger partial charge in [0.2, 0.25) is 0 Å². The molecule has 0 bridgehead atoms. The lowest BCUT2D eigenvalue weighted by Gasteiger charge is -2.10. The molecule has 5 heteroatoms. The van der Waals surface area contributed by atoms with E-state index in [0.29, 0.717) is 5.56 Å². The van der Waals surface area contributed by atoms with Gasteiger partial charge in [-0.25, -0.2) is 10.4 Å². The topological polar surface area (TPSA) is 59.3 Å². The molecule has 0 radical (unpaired) electrons. The molecule has 29 heavy (non-hydrogen) atoms. The van der Waals surface area contributed by atoms with Crippen LogP contribution < -0.4 is 5.43 Å². The molecular formula is C24H22N4O. The highest BCUT2D eigenvalue weighted by atomic mass is 16.2. The number of fused-ring (bicyclic) bond motifs is 1. The zero-order chi connectivity index (χ0) is 20.4. The van der Waals surface area contributed by atoms with E-state index >= 15 is 0 Å². The largest absolute Gasteiger partial charge is 0.350 e. The fourth-order valence-electron chi connectivity index (χ4n) is 3.24. The van der Waals surface area contributed by atoms with Crippen molar-refractivity contribution in [1.29, 1.82) is 0 Å². The molecule has 0 spiro atoms. The minimum Gasteiger partial charge on any atom is -0.350 e. The van der Waals surface area contributed by atoms with Crippen LogP contribution in [0.3, 0.4) is 0 Å². The van der Waals surface area contributed by atoms with Crippen molar-refractivity contribution in [2.75, 3.05) is 0 Å². The maximum absolute atomic E-state index is 12.9. The van der Waals surface area contributed by atoms with Crippen molar-refractivity contribution in [3.63, 3.8) is 0 Å². The number of rotatable bonds is 4. The highest BCUT2D eigenvalue weighted by Gasteiger charge is 2.14. The lowest BCUT2D eigenvalue weighted by atomic mass is 10.0. The smallest absolute Gasteiger partial charge is 0.272 e. The van der Waals surface area contributed by atoms with Gasteiger partial charge in [-0.1, -0.05) is 30.3 Å². The Kier molecular flexibility index (Phi) is 4.96. The molecule has 0 aliphatic rings. The van der Waals surface area contributed by atoms with E-state index in [0.717, 1.165) is 27.9 Å². The highest BCUT2D eigenvalue weighted by Crippen LogP contribution is 2.26. The summed E-state index contributed by atoms with van der Waals surface area (Å²) < 4.78 is 1.93. The van der Waals surface area contributed by atoms with Crippen LogP contribution in [0.15, 0.2) is 72.0 Å². The van der Waals surface area contributed by atoms with E-state index in [1.54, 1.807) is 6.21 Å². The Balaban J connectivity index is 1.72. The van der Waals surface area contributed by atoms with Crippen LogP contribution in [0.2, 0.25) is 0 Å². The molecule has 2 aromatic heterocycles. The number of carbonyl (C=O) groups excluding carboxylic acids is 1. The van der Waals surface area contributed by atoms with Crippen LogP contribution in [0.1, 0.15) is 27.2 Å². The molecule has 2 aromatic carbocycles. The van der Waals surface area contributed by atoms with Gasteiger partial charge in [0.15, 0.2) is 0 Å². The maximum atomic E-state index is 12.9. The fourth-order valence-corrected chi connectivity index (χ4v) is 3.24. The molecule has 2 heterocycles. The number of hydrogen-bond acceptors (Lipinski definition) is 3. The normalized spacial score (nSPS) is 11.3. The molecule has 0 fully saturated rings. The third-order valence-corrected chi connectivity index (χ3v) is 5.11. The first-order valence-electron chi connectivity index (χ1n) is 9.45. The zero-order valence-electron chi connectivity index (χ0n) is 16.7. The Hall–Kier alpha value is -3.73. The van der Waals surface area contributed by atoms with Gasteiger partial charge in [0.25, 0.3) is 5.91 Å². The SMILES string of the molecule is Cc1ccc(-c2cc(C(=O)N/N=C\c3cccn3C)c3ccccc3n2)cc1C. The van der Waals surface area contributed by atoms with Gasteiger partial charge < -0.3 is 4.57 Å². The number of nitrogens with one attached hydrogen (secondary N) is 1. The predicted octanol–water partition coefficient (Wildman–Crippen LogP) is 4.62. The first kappa shape index (κ1) is 18.6. The van der Waals surface area contributed by atoms with Crippen molar-refractivity contribution in [2.45, 2.75) is 13.8 Å². The second-order valence-electron chi connectivity index (χ2n) is 7.11.